The van der Waals surface area contributed by atoms with Crippen LogP contribution in [0.2, 0.25) is 0 Å². The highest BCUT2D eigenvalue weighted by Crippen LogP contribution is 2.24. The van der Waals surface area contributed by atoms with Crippen LogP contribution in [0.1, 0.15) is 25.0 Å². The number of carbonyl (C=O) groups excluding carboxylic acids is 1. The molecule has 0 unspecified atom stereocenters. The Labute approximate surface area is 154 Å². The maximum atomic E-state index is 12.6. The van der Waals surface area contributed by atoms with E-state index in [0.29, 0.717) is 25.4 Å². The lowest BCUT2D eigenvalue weighted by Crippen LogP contribution is -2.49. The van der Waals surface area contributed by atoms with Gasteiger partial charge >= 0.3 is 0 Å². The van der Waals surface area contributed by atoms with Gasteiger partial charge in [-0.05, 0) is 26.3 Å². The first-order chi connectivity index (χ1) is 12.5. The van der Waals surface area contributed by atoms with E-state index in [1.165, 1.54) is 5.56 Å². The molecule has 6 nitrogen and oxygen atoms in total. The number of nitrogens with zero attached hydrogens (tertiary/aromatic N) is 4. The van der Waals surface area contributed by atoms with Crippen LogP contribution < -0.4 is 9.64 Å². The maximum Gasteiger partial charge on any atom is 0.257 e. The summed E-state index contributed by atoms with van der Waals surface area (Å²) in [5.74, 6) is 1.49. The van der Waals surface area contributed by atoms with E-state index < -0.39 is 0 Å². The van der Waals surface area contributed by atoms with Gasteiger partial charge in [-0.3, -0.25) is 4.79 Å². The predicted octanol–water partition coefficient (Wildman–Crippen LogP) is 2.46. The molecule has 1 aromatic carbocycles. The van der Waals surface area contributed by atoms with Crippen molar-refractivity contribution in [3.63, 3.8) is 0 Å². The zero-order chi connectivity index (χ0) is 18.5. The molecule has 1 fully saturated rings. The van der Waals surface area contributed by atoms with Gasteiger partial charge in [-0.1, -0.05) is 29.8 Å². The lowest BCUT2D eigenvalue weighted by atomic mass is 10.1. The highest BCUT2D eigenvalue weighted by atomic mass is 16.5. The summed E-state index contributed by atoms with van der Waals surface area (Å²) >= 11 is 0. The fourth-order valence-electron chi connectivity index (χ4n) is 3.00. The second kappa shape index (κ2) is 8.17. The number of hydrogen-bond donors (Lipinski definition) is 0. The smallest absolute Gasteiger partial charge is 0.257 e. The molecule has 0 N–H and O–H groups in total. The molecule has 26 heavy (non-hydrogen) atoms. The molecule has 2 heterocycles. The molecule has 1 amide bonds. The van der Waals surface area contributed by atoms with Gasteiger partial charge in [-0.2, -0.15) is 0 Å². The Bertz CT molecular complexity index is 738. The number of piperazine rings is 1. The molecule has 2 aromatic rings. The van der Waals surface area contributed by atoms with E-state index in [2.05, 4.69) is 21.8 Å². The van der Waals surface area contributed by atoms with Crippen LogP contribution in [0.15, 0.2) is 36.7 Å². The first-order valence-corrected chi connectivity index (χ1v) is 9.09. The van der Waals surface area contributed by atoms with Gasteiger partial charge in [0.15, 0.2) is 5.82 Å². The quantitative estimate of drug-likeness (QED) is 0.825. The molecule has 1 aliphatic heterocycles. The molecular weight excluding hydrogens is 328 g/mol. The van der Waals surface area contributed by atoms with Crippen molar-refractivity contribution >= 4 is 11.7 Å². The summed E-state index contributed by atoms with van der Waals surface area (Å²) in [6.07, 6.45) is 3.82. The Morgan fingerprint density at radius 3 is 2.38 bits per heavy atom. The van der Waals surface area contributed by atoms with Gasteiger partial charge in [0.05, 0.1) is 12.5 Å². The minimum atomic E-state index is 0.0443. The van der Waals surface area contributed by atoms with Crippen LogP contribution in [0.5, 0.6) is 5.88 Å². The third-order valence-electron chi connectivity index (χ3n) is 4.40. The molecular formula is C20H26N4O2. The van der Waals surface area contributed by atoms with E-state index in [0.717, 1.165) is 24.5 Å². The van der Waals surface area contributed by atoms with E-state index in [4.69, 9.17) is 4.74 Å². The predicted molar refractivity (Wildman–Crippen MR) is 101 cm³/mol. The molecule has 138 valence electrons. The highest BCUT2D eigenvalue weighted by molar-refractivity contribution is 5.79. The van der Waals surface area contributed by atoms with Crippen molar-refractivity contribution in [1.29, 1.82) is 0 Å². The van der Waals surface area contributed by atoms with Crippen LogP contribution in [0, 0.1) is 6.92 Å². The van der Waals surface area contributed by atoms with E-state index in [1.54, 1.807) is 12.4 Å². The monoisotopic (exact) mass is 354 g/mol. The largest absolute Gasteiger partial charge is 0.472 e. The van der Waals surface area contributed by atoms with Crippen molar-refractivity contribution in [2.24, 2.45) is 0 Å². The Balaban J connectivity index is 1.59. The Kier molecular flexibility index (Phi) is 5.71. The van der Waals surface area contributed by atoms with E-state index in [-0.39, 0.29) is 12.0 Å². The fraction of sp³-hybridized carbons (Fsp3) is 0.450. The molecule has 1 aliphatic rings. The van der Waals surface area contributed by atoms with E-state index >= 15 is 0 Å². The van der Waals surface area contributed by atoms with Crippen molar-refractivity contribution < 1.29 is 9.53 Å². The lowest BCUT2D eigenvalue weighted by molar-refractivity contribution is -0.130. The minimum absolute atomic E-state index is 0.0443. The summed E-state index contributed by atoms with van der Waals surface area (Å²) in [6.45, 7) is 8.82. The lowest BCUT2D eigenvalue weighted by Gasteiger charge is -2.35. The summed E-state index contributed by atoms with van der Waals surface area (Å²) in [4.78, 5) is 25.4. The molecule has 6 heteroatoms. The van der Waals surface area contributed by atoms with Gasteiger partial charge in [0, 0.05) is 38.6 Å². The molecule has 3 rings (SSSR count). The molecule has 0 atom stereocenters. The Hall–Kier alpha value is -2.63. The standard InChI is InChI=1S/C20H26N4O2/c1-15(2)26-20-19(21-8-9-22-20)24-12-10-23(11-13-24)18(25)14-17-6-4-16(3)5-7-17/h4-9,15H,10-14H2,1-3H3. The number of aryl methyl sites for hydroxylation is 1. The number of rotatable bonds is 5. The van der Waals surface area contributed by atoms with Gasteiger partial charge in [0.25, 0.3) is 5.88 Å². The van der Waals surface area contributed by atoms with Crippen molar-refractivity contribution in [1.82, 2.24) is 14.9 Å². The average molecular weight is 354 g/mol. The SMILES string of the molecule is Cc1ccc(CC(=O)N2CCN(c3nccnc3OC(C)C)CC2)cc1. The van der Waals surface area contributed by atoms with E-state index in [9.17, 15) is 4.79 Å². The average Bonchev–Trinajstić information content (AvgIpc) is 2.64. The zero-order valence-corrected chi connectivity index (χ0v) is 15.7. The van der Waals surface area contributed by atoms with Crippen LogP contribution in [0.3, 0.4) is 0 Å². The van der Waals surface area contributed by atoms with Gasteiger partial charge in [-0.15, -0.1) is 0 Å². The normalized spacial score (nSPS) is 14.6. The number of anilines is 1. The number of hydrogen-bond acceptors (Lipinski definition) is 5. The van der Waals surface area contributed by atoms with Crippen molar-refractivity contribution in [3.05, 3.63) is 47.8 Å². The van der Waals surface area contributed by atoms with Gasteiger partial charge in [0.2, 0.25) is 5.91 Å². The molecule has 1 saturated heterocycles. The topological polar surface area (TPSA) is 58.6 Å². The number of benzene rings is 1. The molecule has 0 aliphatic carbocycles. The first-order valence-electron chi connectivity index (χ1n) is 9.09. The van der Waals surface area contributed by atoms with Crippen molar-refractivity contribution in [2.45, 2.75) is 33.3 Å². The Morgan fingerprint density at radius 1 is 1.08 bits per heavy atom. The third-order valence-corrected chi connectivity index (χ3v) is 4.40. The van der Waals surface area contributed by atoms with Crippen molar-refractivity contribution in [3.8, 4) is 5.88 Å². The third kappa shape index (κ3) is 4.50. The van der Waals surface area contributed by atoms with Crippen LogP contribution in [-0.2, 0) is 11.2 Å². The van der Waals surface area contributed by atoms with Crippen LogP contribution >= 0.6 is 0 Å². The van der Waals surface area contributed by atoms with Crippen molar-refractivity contribution in [2.75, 3.05) is 31.1 Å². The van der Waals surface area contributed by atoms with Crippen LogP contribution in [-0.4, -0.2) is 53.1 Å². The van der Waals surface area contributed by atoms with E-state index in [1.807, 2.05) is 43.0 Å². The van der Waals surface area contributed by atoms with Gasteiger partial charge in [-0.25, -0.2) is 9.97 Å². The first kappa shape index (κ1) is 18.2. The second-order valence-electron chi connectivity index (χ2n) is 6.88. The van der Waals surface area contributed by atoms with Crippen LogP contribution in [0.25, 0.3) is 0 Å². The summed E-state index contributed by atoms with van der Waals surface area (Å²) in [5.41, 5.74) is 2.27. The highest BCUT2D eigenvalue weighted by Gasteiger charge is 2.24. The van der Waals surface area contributed by atoms with Crippen LogP contribution in [0.4, 0.5) is 5.82 Å². The number of aromatic nitrogens is 2. The summed E-state index contributed by atoms with van der Waals surface area (Å²) < 4.78 is 5.77. The number of amides is 1. The maximum absolute atomic E-state index is 12.6. The summed E-state index contributed by atoms with van der Waals surface area (Å²) in [6, 6.07) is 8.15. The van der Waals surface area contributed by atoms with Gasteiger partial charge < -0.3 is 14.5 Å². The Morgan fingerprint density at radius 2 is 1.73 bits per heavy atom. The molecule has 0 radical (unpaired) electrons. The number of carbonyl (C=O) groups is 1. The molecule has 0 spiro atoms. The fourth-order valence-corrected chi connectivity index (χ4v) is 3.00. The summed E-state index contributed by atoms with van der Waals surface area (Å²) in [7, 11) is 0. The summed E-state index contributed by atoms with van der Waals surface area (Å²) in [5, 5.41) is 0. The molecule has 1 aromatic heterocycles. The second-order valence-corrected chi connectivity index (χ2v) is 6.88. The minimum Gasteiger partial charge on any atom is -0.472 e. The molecule has 0 saturated carbocycles. The molecule has 0 bridgehead atoms. The van der Waals surface area contributed by atoms with Gasteiger partial charge in [0.1, 0.15) is 0 Å². The number of ether oxygens (including phenoxy) is 1. The zero-order valence-electron chi connectivity index (χ0n) is 15.7.